The van der Waals surface area contributed by atoms with E-state index in [0.717, 1.165) is 5.01 Å². The largest absolute Gasteiger partial charge is 0.368 e. The maximum Gasteiger partial charge on any atom is 0.234 e. The van der Waals surface area contributed by atoms with Gasteiger partial charge in [0.1, 0.15) is 9.34 Å². The maximum atomic E-state index is 11.1. The topological polar surface area (TPSA) is 68.0 Å². The van der Waals surface area contributed by atoms with Crippen molar-refractivity contribution in [3.63, 3.8) is 0 Å². The lowest BCUT2D eigenvalue weighted by atomic mass is 10.0. The third-order valence-electron chi connectivity index (χ3n) is 1.97. The highest BCUT2D eigenvalue weighted by Crippen LogP contribution is 2.18. The van der Waals surface area contributed by atoms with Crippen LogP contribution in [0.3, 0.4) is 0 Å². The summed E-state index contributed by atoms with van der Waals surface area (Å²) in [6.07, 6.45) is 1.60. The highest BCUT2D eigenvalue weighted by Gasteiger charge is 2.18. The molecule has 0 spiro atoms. The third kappa shape index (κ3) is 3.77. The summed E-state index contributed by atoms with van der Waals surface area (Å²) in [4.78, 5) is 15.2. The minimum absolute atomic E-state index is 0.165. The Labute approximate surface area is 97.8 Å². The Morgan fingerprint density at radius 3 is 2.80 bits per heavy atom. The highest BCUT2D eigenvalue weighted by atomic mass is 35.5. The summed E-state index contributed by atoms with van der Waals surface area (Å²) in [6, 6.07) is -0.326. The number of nitrogens with zero attached hydrogens (tertiary/aromatic N) is 1. The molecule has 0 saturated carbocycles. The van der Waals surface area contributed by atoms with Crippen LogP contribution in [0.1, 0.15) is 18.9 Å². The molecule has 1 atom stereocenters. The second kappa shape index (κ2) is 5.44. The third-order valence-corrected chi connectivity index (χ3v) is 3.09. The maximum absolute atomic E-state index is 11.1. The molecule has 0 aliphatic heterocycles. The Balaban J connectivity index is 2.50. The Morgan fingerprint density at radius 2 is 2.40 bits per heavy atom. The van der Waals surface area contributed by atoms with E-state index in [4.69, 9.17) is 17.3 Å². The molecule has 0 fully saturated rings. The summed E-state index contributed by atoms with van der Waals surface area (Å²) in [7, 11) is 0. The zero-order chi connectivity index (χ0) is 11.4. The van der Waals surface area contributed by atoms with E-state index in [0.29, 0.717) is 10.9 Å². The number of thiazole rings is 1. The lowest BCUT2D eigenvalue weighted by Gasteiger charge is -2.17. The van der Waals surface area contributed by atoms with Gasteiger partial charge in [0.15, 0.2) is 0 Å². The van der Waals surface area contributed by atoms with Crippen molar-refractivity contribution in [3.8, 4) is 0 Å². The van der Waals surface area contributed by atoms with Gasteiger partial charge in [0.25, 0.3) is 0 Å². The van der Waals surface area contributed by atoms with Crippen LogP contribution in [0, 0.1) is 5.92 Å². The Bertz CT molecular complexity index is 340. The molecule has 1 rings (SSSR count). The van der Waals surface area contributed by atoms with Gasteiger partial charge in [0.05, 0.1) is 12.2 Å². The quantitative estimate of drug-likeness (QED) is 0.827. The molecule has 15 heavy (non-hydrogen) atoms. The number of carbonyl (C=O) groups excluding carboxylic acids is 1. The second-order valence-corrected chi connectivity index (χ2v) is 5.31. The number of carbonyl (C=O) groups is 1. The zero-order valence-corrected chi connectivity index (χ0v) is 10.2. The van der Waals surface area contributed by atoms with Crippen LogP contribution in [0.15, 0.2) is 6.20 Å². The molecule has 6 heteroatoms. The Hall–Kier alpha value is -0.650. The lowest BCUT2D eigenvalue weighted by molar-refractivity contribution is -0.121. The molecule has 0 saturated heterocycles. The van der Waals surface area contributed by atoms with E-state index in [2.05, 4.69) is 10.3 Å². The van der Waals surface area contributed by atoms with Gasteiger partial charge in [-0.25, -0.2) is 4.98 Å². The van der Waals surface area contributed by atoms with Crippen LogP contribution in [0.25, 0.3) is 0 Å². The molecule has 0 bridgehead atoms. The number of nitrogens with two attached hydrogens (primary N) is 1. The van der Waals surface area contributed by atoms with E-state index >= 15 is 0 Å². The average molecular weight is 248 g/mol. The molecule has 1 unspecified atom stereocenters. The van der Waals surface area contributed by atoms with Gasteiger partial charge < -0.3 is 5.73 Å². The summed E-state index contributed by atoms with van der Waals surface area (Å²) < 4.78 is 0.645. The predicted octanol–water partition coefficient (Wildman–Crippen LogP) is 1.40. The first-order valence-electron chi connectivity index (χ1n) is 4.63. The first-order chi connectivity index (χ1) is 7.00. The molecule has 1 aromatic heterocycles. The number of hydrogen-bond acceptors (Lipinski definition) is 4. The summed E-state index contributed by atoms with van der Waals surface area (Å²) >= 11 is 7.13. The predicted molar refractivity (Wildman–Crippen MR) is 61.8 cm³/mol. The molecule has 1 aromatic rings. The Morgan fingerprint density at radius 1 is 1.73 bits per heavy atom. The average Bonchev–Trinajstić information content (AvgIpc) is 2.50. The van der Waals surface area contributed by atoms with Gasteiger partial charge in [-0.3, -0.25) is 10.1 Å². The van der Waals surface area contributed by atoms with Gasteiger partial charge in [0, 0.05) is 6.54 Å². The van der Waals surface area contributed by atoms with Crippen molar-refractivity contribution in [2.45, 2.75) is 26.4 Å². The molecular weight excluding hydrogens is 234 g/mol. The fraction of sp³-hybridized carbons (Fsp3) is 0.556. The van der Waals surface area contributed by atoms with Crippen molar-refractivity contribution < 1.29 is 4.79 Å². The van der Waals surface area contributed by atoms with Crippen molar-refractivity contribution in [3.05, 3.63) is 15.5 Å². The van der Waals surface area contributed by atoms with Gasteiger partial charge >= 0.3 is 0 Å². The highest BCUT2D eigenvalue weighted by molar-refractivity contribution is 7.15. The van der Waals surface area contributed by atoms with E-state index in [-0.39, 0.29) is 17.9 Å². The van der Waals surface area contributed by atoms with Crippen LogP contribution >= 0.6 is 22.9 Å². The minimum atomic E-state index is -0.340. The fourth-order valence-corrected chi connectivity index (χ4v) is 2.14. The van der Waals surface area contributed by atoms with Crippen LogP contribution in [0.2, 0.25) is 4.34 Å². The number of aromatic nitrogens is 1. The number of hydrogen-bond donors (Lipinski definition) is 2. The number of rotatable bonds is 5. The number of nitrogens with one attached hydrogen (secondary N) is 1. The van der Waals surface area contributed by atoms with Crippen LogP contribution in [0.5, 0.6) is 0 Å². The van der Waals surface area contributed by atoms with Crippen molar-refractivity contribution in [1.82, 2.24) is 10.3 Å². The minimum Gasteiger partial charge on any atom is -0.368 e. The van der Waals surface area contributed by atoms with Crippen molar-refractivity contribution in [2.24, 2.45) is 11.7 Å². The molecule has 0 aliphatic rings. The first-order valence-corrected chi connectivity index (χ1v) is 5.83. The molecular formula is C9H14ClN3OS. The van der Waals surface area contributed by atoms with Gasteiger partial charge in [-0.1, -0.05) is 25.4 Å². The molecule has 4 nitrogen and oxygen atoms in total. The number of amides is 1. The van der Waals surface area contributed by atoms with E-state index in [1.54, 1.807) is 6.20 Å². The first kappa shape index (κ1) is 12.4. The molecule has 1 amide bonds. The van der Waals surface area contributed by atoms with E-state index in [1.807, 2.05) is 13.8 Å². The number of halogens is 1. The monoisotopic (exact) mass is 247 g/mol. The molecule has 0 aliphatic carbocycles. The van der Waals surface area contributed by atoms with E-state index < -0.39 is 0 Å². The second-order valence-electron chi connectivity index (χ2n) is 3.56. The van der Waals surface area contributed by atoms with Crippen LogP contribution in [-0.2, 0) is 11.3 Å². The Kier molecular flexibility index (Phi) is 4.50. The van der Waals surface area contributed by atoms with Gasteiger partial charge in [-0.2, -0.15) is 0 Å². The SMILES string of the molecule is CC(C)C(NCc1ncc(Cl)s1)C(N)=O. The summed E-state index contributed by atoms with van der Waals surface area (Å²) in [5.74, 6) is -0.175. The molecule has 0 radical (unpaired) electrons. The normalized spacial score (nSPS) is 13.1. The van der Waals surface area contributed by atoms with Crippen LogP contribution in [-0.4, -0.2) is 16.9 Å². The molecule has 3 N–H and O–H groups in total. The van der Waals surface area contributed by atoms with Gasteiger partial charge in [-0.05, 0) is 5.92 Å². The summed E-state index contributed by atoms with van der Waals surface area (Å²) in [6.45, 7) is 4.40. The standard InChI is InChI=1S/C9H14ClN3OS/c1-5(2)8(9(11)14)13-4-7-12-3-6(10)15-7/h3,5,8,13H,4H2,1-2H3,(H2,11,14). The lowest BCUT2D eigenvalue weighted by Crippen LogP contribution is -2.44. The number of primary amides is 1. The molecule has 84 valence electrons. The van der Waals surface area contributed by atoms with Gasteiger partial charge in [-0.15, -0.1) is 11.3 Å². The summed E-state index contributed by atoms with van der Waals surface area (Å²) in [5, 5.41) is 3.92. The molecule has 1 heterocycles. The fourth-order valence-electron chi connectivity index (χ4n) is 1.23. The van der Waals surface area contributed by atoms with Crippen molar-refractivity contribution in [1.29, 1.82) is 0 Å². The van der Waals surface area contributed by atoms with Crippen LogP contribution in [0.4, 0.5) is 0 Å². The van der Waals surface area contributed by atoms with Crippen molar-refractivity contribution >= 4 is 28.8 Å². The van der Waals surface area contributed by atoms with Gasteiger partial charge in [0.2, 0.25) is 5.91 Å². The molecule has 0 aromatic carbocycles. The smallest absolute Gasteiger partial charge is 0.234 e. The van der Waals surface area contributed by atoms with E-state index in [1.165, 1.54) is 11.3 Å². The van der Waals surface area contributed by atoms with E-state index in [9.17, 15) is 4.79 Å². The van der Waals surface area contributed by atoms with Crippen LogP contribution < -0.4 is 11.1 Å². The summed E-state index contributed by atoms with van der Waals surface area (Å²) in [5.41, 5.74) is 5.26. The van der Waals surface area contributed by atoms with Crippen molar-refractivity contribution in [2.75, 3.05) is 0 Å². The zero-order valence-electron chi connectivity index (χ0n) is 8.66.